The van der Waals surface area contributed by atoms with E-state index in [-0.39, 0.29) is 0 Å². The van der Waals surface area contributed by atoms with Crippen molar-refractivity contribution in [2.24, 2.45) is 17.8 Å². The number of rotatable bonds is 3. The van der Waals surface area contributed by atoms with E-state index < -0.39 is 0 Å². The molecule has 1 saturated carbocycles. The van der Waals surface area contributed by atoms with Gasteiger partial charge in [-0.15, -0.1) is 0 Å². The lowest BCUT2D eigenvalue weighted by Gasteiger charge is -2.35. The van der Waals surface area contributed by atoms with Crippen LogP contribution < -0.4 is 0 Å². The summed E-state index contributed by atoms with van der Waals surface area (Å²) in [5, 5.41) is 0.856. The van der Waals surface area contributed by atoms with Crippen LogP contribution >= 0.6 is 27.5 Å². The second-order valence-electron chi connectivity index (χ2n) is 5.93. The monoisotopic (exact) mass is 328 g/mol. The van der Waals surface area contributed by atoms with E-state index in [9.17, 15) is 0 Å². The van der Waals surface area contributed by atoms with Crippen LogP contribution in [0.3, 0.4) is 0 Å². The highest BCUT2D eigenvalue weighted by Gasteiger charge is 2.30. The van der Waals surface area contributed by atoms with E-state index in [2.05, 4.69) is 48.0 Å². The predicted molar refractivity (Wildman–Crippen MR) is 83.5 cm³/mol. The second kappa shape index (κ2) is 6.43. The molecule has 0 amide bonds. The lowest BCUT2D eigenvalue weighted by atomic mass is 9.74. The van der Waals surface area contributed by atoms with Gasteiger partial charge < -0.3 is 0 Å². The first-order valence-corrected chi connectivity index (χ1v) is 8.24. The highest BCUT2D eigenvalue weighted by Crippen LogP contribution is 2.39. The molecule has 0 spiro atoms. The van der Waals surface area contributed by atoms with Crippen molar-refractivity contribution in [2.45, 2.75) is 44.4 Å². The van der Waals surface area contributed by atoms with Crippen LogP contribution in [-0.2, 0) is 6.42 Å². The molecule has 1 aliphatic carbocycles. The minimum atomic E-state index is 0.673. The first kappa shape index (κ1) is 14.4. The van der Waals surface area contributed by atoms with Gasteiger partial charge >= 0.3 is 0 Å². The van der Waals surface area contributed by atoms with E-state index in [1.54, 1.807) is 0 Å². The second-order valence-corrected chi connectivity index (χ2v) is 7.54. The summed E-state index contributed by atoms with van der Waals surface area (Å²) in [6, 6.07) is 8.32. The largest absolute Gasteiger partial charge is 0.0888 e. The quantitative estimate of drug-likeness (QED) is 0.622. The van der Waals surface area contributed by atoms with Gasteiger partial charge in [-0.3, -0.25) is 0 Å². The van der Waals surface area contributed by atoms with Crippen molar-refractivity contribution < 1.29 is 0 Å². The van der Waals surface area contributed by atoms with Crippen LogP contribution in [-0.4, -0.2) is 4.83 Å². The Labute approximate surface area is 124 Å². The van der Waals surface area contributed by atoms with E-state index >= 15 is 0 Å². The van der Waals surface area contributed by atoms with Gasteiger partial charge in [-0.25, -0.2) is 0 Å². The van der Waals surface area contributed by atoms with E-state index in [0.717, 1.165) is 29.2 Å². The first-order chi connectivity index (χ1) is 8.56. The predicted octanol–water partition coefficient (Wildman–Crippen LogP) is 5.72. The maximum Gasteiger partial charge on any atom is 0.0408 e. The van der Waals surface area contributed by atoms with E-state index in [1.165, 1.54) is 24.8 Å². The lowest BCUT2D eigenvalue weighted by Crippen LogP contribution is -2.29. The molecule has 1 aromatic rings. The van der Waals surface area contributed by atoms with Gasteiger partial charge in [0.25, 0.3) is 0 Å². The molecule has 0 radical (unpaired) electrons. The summed E-state index contributed by atoms with van der Waals surface area (Å²) in [7, 11) is 0. The standard InChI is InChI=1S/C16H22BrCl/c1-11(2)13-6-7-16(17)14(10-13)8-12-4-3-5-15(18)9-12/h3-5,9,11,13-14,16H,6-8,10H2,1-2H3. The Bertz CT molecular complexity index is 388. The summed E-state index contributed by atoms with van der Waals surface area (Å²) in [6.45, 7) is 4.71. The number of alkyl halides is 1. The number of benzene rings is 1. The number of hydrogen-bond acceptors (Lipinski definition) is 0. The third-order valence-corrected chi connectivity index (χ3v) is 5.70. The molecule has 1 aromatic carbocycles. The Kier molecular flexibility index (Phi) is 5.14. The average Bonchev–Trinajstić information content (AvgIpc) is 2.31. The lowest BCUT2D eigenvalue weighted by molar-refractivity contribution is 0.223. The first-order valence-electron chi connectivity index (χ1n) is 6.94. The fraction of sp³-hybridized carbons (Fsp3) is 0.625. The van der Waals surface area contributed by atoms with Crippen molar-refractivity contribution in [1.82, 2.24) is 0 Å². The summed E-state index contributed by atoms with van der Waals surface area (Å²) in [6.07, 6.45) is 5.19. The van der Waals surface area contributed by atoms with Crippen LogP contribution in [0.25, 0.3) is 0 Å². The molecule has 0 nitrogen and oxygen atoms in total. The third kappa shape index (κ3) is 3.74. The maximum atomic E-state index is 6.07. The van der Waals surface area contributed by atoms with Gasteiger partial charge in [-0.05, 0) is 61.1 Å². The van der Waals surface area contributed by atoms with Crippen molar-refractivity contribution in [1.29, 1.82) is 0 Å². The molecule has 2 heteroatoms. The molecular weight excluding hydrogens is 308 g/mol. The molecule has 2 rings (SSSR count). The minimum absolute atomic E-state index is 0.673. The van der Waals surface area contributed by atoms with Crippen molar-refractivity contribution in [3.05, 3.63) is 34.9 Å². The van der Waals surface area contributed by atoms with Gasteiger partial charge in [-0.2, -0.15) is 0 Å². The maximum absolute atomic E-state index is 6.07. The third-order valence-electron chi connectivity index (χ3n) is 4.26. The number of hydrogen-bond donors (Lipinski definition) is 0. The van der Waals surface area contributed by atoms with Gasteiger partial charge in [0, 0.05) is 9.85 Å². The van der Waals surface area contributed by atoms with Crippen molar-refractivity contribution in [3.8, 4) is 0 Å². The molecule has 18 heavy (non-hydrogen) atoms. The molecule has 3 unspecified atom stereocenters. The molecule has 3 atom stereocenters. The van der Waals surface area contributed by atoms with E-state index in [0.29, 0.717) is 4.83 Å². The van der Waals surface area contributed by atoms with E-state index in [1.807, 2.05) is 6.07 Å². The molecule has 0 N–H and O–H groups in total. The molecule has 1 aliphatic rings. The Morgan fingerprint density at radius 3 is 2.78 bits per heavy atom. The normalized spacial score (nSPS) is 28.6. The summed E-state index contributed by atoms with van der Waals surface area (Å²) >= 11 is 9.94. The zero-order valence-electron chi connectivity index (χ0n) is 11.2. The number of halogens is 2. The Hall–Kier alpha value is -0.0100. The van der Waals surface area contributed by atoms with Crippen molar-refractivity contribution in [3.63, 3.8) is 0 Å². The van der Waals surface area contributed by atoms with Gasteiger partial charge in [0.15, 0.2) is 0 Å². The van der Waals surface area contributed by atoms with Crippen LogP contribution in [0.5, 0.6) is 0 Å². The smallest absolute Gasteiger partial charge is 0.0408 e. The summed E-state index contributed by atoms with van der Waals surface area (Å²) in [5.74, 6) is 2.46. The Balaban J connectivity index is 2.02. The zero-order chi connectivity index (χ0) is 13.1. The summed E-state index contributed by atoms with van der Waals surface area (Å²) < 4.78 is 0. The SMILES string of the molecule is CC(C)C1CCC(Br)C(Cc2cccc(Cl)c2)C1. The molecule has 0 saturated heterocycles. The molecule has 0 aliphatic heterocycles. The minimum Gasteiger partial charge on any atom is -0.0888 e. The molecular formula is C16H22BrCl. The fourth-order valence-corrected chi connectivity index (χ4v) is 3.93. The highest BCUT2D eigenvalue weighted by atomic mass is 79.9. The molecule has 0 bridgehead atoms. The van der Waals surface area contributed by atoms with Crippen LogP contribution in [0, 0.1) is 17.8 Å². The molecule has 100 valence electrons. The van der Waals surface area contributed by atoms with Gasteiger partial charge in [0.05, 0.1) is 0 Å². The van der Waals surface area contributed by atoms with Crippen LogP contribution in [0.1, 0.15) is 38.7 Å². The highest BCUT2D eigenvalue weighted by molar-refractivity contribution is 9.09. The average molecular weight is 330 g/mol. The molecule has 1 fully saturated rings. The van der Waals surface area contributed by atoms with Crippen LogP contribution in [0.4, 0.5) is 0 Å². The van der Waals surface area contributed by atoms with Crippen molar-refractivity contribution in [2.75, 3.05) is 0 Å². The molecule has 0 aromatic heterocycles. The zero-order valence-corrected chi connectivity index (χ0v) is 13.5. The van der Waals surface area contributed by atoms with Gasteiger partial charge in [0.1, 0.15) is 0 Å². The van der Waals surface area contributed by atoms with Gasteiger partial charge in [-0.1, -0.05) is 53.5 Å². The summed E-state index contributed by atoms with van der Waals surface area (Å²) in [4.78, 5) is 0.673. The summed E-state index contributed by atoms with van der Waals surface area (Å²) in [5.41, 5.74) is 1.38. The topological polar surface area (TPSA) is 0 Å². The Morgan fingerprint density at radius 2 is 2.11 bits per heavy atom. The molecule has 0 heterocycles. The van der Waals surface area contributed by atoms with Crippen LogP contribution in [0.15, 0.2) is 24.3 Å². The Morgan fingerprint density at radius 1 is 1.33 bits per heavy atom. The van der Waals surface area contributed by atoms with Crippen LogP contribution in [0.2, 0.25) is 5.02 Å². The van der Waals surface area contributed by atoms with E-state index in [4.69, 9.17) is 11.6 Å². The van der Waals surface area contributed by atoms with Crippen molar-refractivity contribution >= 4 is 27.5 Å². The van der Waals surface area contributed by atoms with Gasteiger partial charge in [0.2, 0.25) is 0 Å². The fourth-order valence-electron chi connectivity index (χ4n) is 3.05.